The quantitative estimate of drug-likeness (QED) is 0.206. The number of fused-ring (bicyclic) bond motifs is 3. The van der Waals surface area contributed by atoms with Gasteiger partial charge in [0, 0.05) is 59.6 Å². The Bertz CT molecular complexity index is 1480. The van der Waals surface area contributed by atoms with Gasteiger partial charge in [-0.1, -0.05) is 42.8 Å². The third-order valence-corrected chi connectivity index (χ3v) is 9.86. The molecule has 5 nitrogen and oxygen atoms in total. The predicted octanol–water partition coefficient (Wildman–Crippen LogP) is 7.26. The smallest absolute Gasteiger partial charge is 0.251 e. The molecule has 1 unspecified atom stereocenters. The number of aromatic nitrogens is 1. The Morgan fingerprint density at radius 2 is 1.62 bits per heavy atom. The summed E-state index contributed by atoms with van der Waals surface area (Å²) in [7, 11) is 0. The van der Waals surface area contributed by atoms with Gasteiger partial charge in [0.25, 0.3) is 5.91 Å². The molecule has 2 fully saturated rings. The van der Waals surface area contributed by atoms with Crippen LogP contribution in [-0.2, 0) is 19.5 Å². The molecule has 2 aliphatic rings. The van der Waals surface area contributed by atoms with Crippen LogP contribution in [0, 0.1) is 5.92 Å². The van der Waals surface area contributed by atoms with Crippen molar-refractivity contribution in [3.05, 3.63) is 83.4 Å². The lowest BCUT2D eigenvalue weighted by Crippen LogP contribution is -2.39. The molecule has 1 N–H and O–H groups in total. The Kier molecular flexibility index (Phi) is 9.26. The van der Waals surface area contributed by atoms with E-state index in [0.717, 1.165) is 57.7 Å². The standard InChI is InChI=1S/C37H48N4O/c1-3-41-35-11-5-4-10-33(35)34-26-31(14-17-36(34)41)27-39-23-18-30(19-24-39)25-29-12-15-32(16-13-29)37(42)38-20-8-22-40-21-7-6-9-28(40)2/h4-5,10-17,26,28,30H,3,6-9,18-25,27H2,1-2H3,(H,38,42). The van der Waals surface area contributed by atoms with Crippen LogP contribution < -0.4 is 5.32 Å². The van der Waals surface area contributed by atoms with Crippen LogP contribution in [0.25, 0.3) is 21.8 Å². The highest BCUT2D eigenvalue weighted by Gasteiger charge is 2.21. The summed E-state index contributed by atoms with van der Waals surface area (Å²) in [5, 5.41) is 5.87. The molecule has 3 heterocycles. The third kappa shape index (κ3) is 6.58. The number of piperidine rings is 2. The fourth-order valence-electron chi connectivity index (χ4n) is 7.35. The van der Waals surface area contributed by atoms with E-state index in [1.165, 1.54) is 71.6 Å². The number of para-hydroxylation sites is 1. The van der Waals surface area contributed by atoms with Crippen molar-refractivity contribution in [2.45, 2.75) is 77.9 Å². The van der Waals surface area contributed by atoms with Crippen LogP contribution in [0.5, 0.6) is 0 Å². The number of carbonyl (C=O) groups excluding carboxylic acids is 1. The average Bonchev–Trinajstić information content (AvgIpc) is 3.34. The van der Waals surface area contributed by atoms with Gasteiger partial charge in [0.1, 0.15) is 0 Å². The first kappa shape index (κ1) is 28.9. The average molecular weight is 565 g/mol. The van der Waals surface area contributed by atoms with E-state index in [9.17, 15) is 4.79 Å². The van der Waals surface area contributed by atoms with Gasteiger partial charge in [-0.05, 0) is 119 Å². The second kappa shape index (κ2) is 13.4. The zero-order valence-corrected chi connectivity index (χ0v) is 25.7. The lowest BCUT2D eigenvalue weighted by atomic mass is 9.89. The van der Waals surface area contributed by atoms with Crippen molar-refractivity contribution >= 4 is 27.7 Å². The van der Waals surface area contributed by atoms with Crippen molar-refractivity contribution in [1.29, 1.82) is 0 Å². The molecule has 2 saturated heterocycles. The van der Waals surface area contributed by atoms with Crippen molar-refractivity contribution in [1.82, 2.24) is 19.7 Å². The fraction of sp³-hybridized carbons (Fsp3) is 0.486. The van der Waals surface area contributed by atoms with Gasteiger partial charge in [-0.2, -0.15) is 0 Å². The van der Waals surface area contributed by atoms with E-state index >= 15 is 0 Å². The summed E-state index contributed by atoms with van der Waals surface area (Å²) < 4.78 is 2.43. The number of benzene rings is 3. The summed E-state index contributed by atoms with van der Waals surface area (Å²) >= 11 is 0. The molecule has 0 radical (unpaired) electrons. The molecule has 0 saturated carbocycles. The number of likely N-dealkylation sites (tertiary alicyclic amines) is 2. The third-order valence-electron chi connectivity index (χ3n) is 9.86. The lowest BCUT2D eigenvalue weighted by molar-refractivity contribution is 0.0949. The molecule has 1 aromatic heterocycles. The molecule has 6 rings (SSSR count). The molecular formula is C37H48N4O. The maximum atomic E-state index is 12.7. The number of hydrogen-bond acceptors (Lipinski definition) is 3. The van der Waals surface area contributed by atoms with Gasteiger partial charge in [-0.15, -0.1) is 0 Å². The first-order valence-electron chi connectivity index (χ1n) is 16.4. The van der Waals surface area contributed by atoms with Crippen LogP contribution in [0.15, 0.2) is 66.7 Å². The van der Waals surface area contributed by atoms with E-state index in [4.69, 9.17) is 0 Å². The van der Waals surface area contributed by atoms with E-state index in [-0.39, 0.29) is 5.91 Å². The molecule has 0 spiro atoms. The number of amides is 1. The molecule has 0 aliphatic carbocycles. The highest BCUT2D eigenvalue weighted by molar-refractivity contribution is 6.08. The zero-order chi connectivity index (χ0) is 28.9. The molecule has 42 heavy (non-hydrogen) atoms. The minimum Gasteiger partial charge on any atom is -0.352 e. The molecular weight excluding hydrogens is 516 g/mol. The van der Waals surface area contributed by atoms with Gasteiger partial charge in [0.05, 0.1) is 0 Å². The minimum atomic E-state index is 0.0546. The number of carbonyl (C=O) groups is 1. The van der Waals surface area contributed by atoms with Gasteiger partial charge in [0.2, 0.25) is 0 Å². The monoisotopic (exact) mass is 564 g/mol. The summed E-state index contributed by atoms with van der Waals surface area (Å²) in [6.07, 6.45) is 8.56. The van der Waals surface area contributed by atoms with Crippen molar-refractivity contribution in [3.8, 4) is 0 Å². The van der Waals surface area contributed by atoms with Crippen molar-refractivity contribution in [3.63, 3.8) is 0 Å². The van der Waals surface area contributed by atoms with Gasteiger partial charge < -0.3 is 14.8 Å². The van der Waals surface area contributed by atoms with E-state index in [2.05, 4.69) is 88.1 Å². The van der Waals surface area contributed by atoms with Crippen LogP contribution in [0.2, 0.25) is 0 Å². The molecule has 222 valence electrons. The van der Waals surface area contributed by atoms with Crippen LogP contribution in [0.1, 0.15) is 73.9 Å². The van der Waals surface area contributed by atoms with E-state index < -0.39 is 0 Å². The Morgan fingerprint density at radius 1 is 0.857 bits per heavy atom. The van der Waals surface area contributed by atoms with E-state index in [1.807, 2.05) is 12.1 Å². The first-order valence-corrected chi connectivity index (χ1v) is 16.4. The number of aryl methyl sites for hydroxylation is 1. The van der Waals surface area contributed by atoms with Crippen LogP contribution >= 0.6 is 0 Å². The van der Waals surface area contributed by atoms with Crippen molar-refractivity contribution < 1.29 is 4.79 Å². The highest BCUT2D eigenvalue weighted by atomic mass is 16.1. The largest absolute Gasteiger partial charge is 0.352 e. The summed E-state index contributed by atoms with van der Waals surface area (Å²) in [6, 6.07) is 24.9. The second-order valence-electron chi connectivity index (χ2n) is 12.7. The van der Waals surface area contributed by atoms with Crippen LogP contribution in [0.4, 0.5) is 0 Å². The topological polar surface area (TPSA) is 40.5 Å². The lowest BCUT2D eigenvalue weighted by Gasteiger charge is -2.33. The first-order chi connectivity index (χ1) is 20.6. The normalized spacial score (nSPS) is 19.0. The Hall–Kier alpha value is -3.15. The summed E-state index contributed by atoms with van der Waals surface area (Å²) in [6.45, 7) is 11.9. The molecule has 3 aromatic carbocycles. The minimum absolute atomic E-state index is 0.0546. The summed E-state index contributed by atoms with van der Waals surface area (Å²) in [5.74, 6) is 0.766. The van der Waals surface area contributed by atoms with Gasteiger partial charge in [-0.3, -0.25) is 9.69 Å². The molecule has 5 heteroatoms. The number of rotatable bonds is 10. The Balaban J connectivity index is 0.955. The highest BCUT2D eigenvalue weighted by Crippen LogP contribution is 2.31. The van der Waals surface area contributed by atoms with Crippen molar-refractivity contribution in [2.24, 2.45) is 5.92 Å². The second-order valence-corrected chi connectivity index (χ2v) is 12.7. The number of nitrogens with zero attached hydrogens (tertiary/aromatic N) is 3. The molecule has 2 aliphatic heterocycles. The summed E-state index contributed by atoms with van der Waals surface area (Å²) in [5.41, 5.74) is 6.21. The summed E-state index contributed by atoms with van der Waals surface area (Å²) in [4.78, 5) is 17.9. The van der Waals surface area contributed by atoms with Crippen LogP contribution in [-0.4, -0.2) is 59.0 Å². The molecule has 4 aromatic rings. The SMILES string of the molecule is CCn1c2ccccc2c2cc(CN3CCC(Cc4ccc(C(=O)NCCCN5CCCCC5C)cc4)CC3)ccc21. The van der Waals surface area contributed by atoms with E-state index in [1.54, 1.807) is 0 Å². The maximum absolute atomic E-state index is 12.7. The van der Waals surface area contributed by atoms with E-state index in [0.29, 0.717) is 12.0 Å². The Morgan fingerprint density at radius 3 is 2.40 bits per heavy atom. The fourth-order valence-corrected chi connectivity index (χ4v) is 7.35. The maximum Gasteiger partial charge on any atom is 0.251 e. The van der Waals surface area contributed by atoms with Crippen LogP contribution in [0.3, 0.4) is 0 Å². The van der Waals surface area contributed by atoms with Gasteiger partial charge in [0.15, 0.2) is 0 Å². The molecule has 1 amide bonds. The Labute approximate surface area is 251 Å². The number of nitrogens with one attached hydrogen (secondary N) is 1. The zero-order valence-electron chi connectivity index (χ0n) is 25.7. The predicted molar refractivity (Wildman–Crippen MR) is 175 cm³/mol. The van der Waals surface area contributed by atoms with Gasteiger partial charge in [-0.25, -0.2) is 0 Å². The van der Waals surface area contributed by atoms with Gasteiger partial charge >= 0.3 is 0 Å². The molecule has 0 bridgehead atoms. The molecule has 1 atom stereocenters. The van der Waals surface area contributed by atoms with Crippen molar-refractivity contribution in [2.75, 3.05) is 32.7 Å². The number of hydrogen-bond donors (Lipinski definition) is 1.